The Labute approximate surface area is 119 Å². The third-order valence-corrected chi connectivity index (χ3v) is 4.06. The van der Waals surface area contributed by atoms with Gasteiger partial charge in [0.2, 0.25) is 0 Å². The quantitative estimate of drug-likeness (QED) is 0.919. The summed E-state index contributed by atoms with van der Waals surface area (Å²) in [5.41, 5.74) is 3.24. The lowest BCUT2D eigenvalue weighted by Crippen LogP contribution is -2.13. The van der Waals surface area contributed by atoms with Crippen LogP contribution >= 0.6 is 0 Å². The van der Waals surface area contributed by atoms with Crippen LogP contribution < -0.4 is 5.56 Å². The monoisotopic (exact) mass is 268 g/mol. The van der Waals surface area contributed by atoms with E-state index in [1.54, 1.807) is 6.07 Å². The van der Waals surface area contributed by atoms with Gasteiger partial charge in [0, 0.05) is 18.1 Å². The van der Waals surface area contributed by atoms with Gasteiger partial charge in [0.15, 0.2) is 0 Å². The minimum Gasteiger partial charge on any atom is -0.311 e. The van der Waals surface area contributed by atoms with Crippen LogP contribution in [0.25, 0.3) is 11.3 Å². The number of hydrogen-bond acceptors (Lipinski definition) is 2. The van der Waals surface area contributed by atoms with E-state index in [-0.39, 0.29) is 5.56 Å². The number of nitrogens with zero attached hydrogens (tertiary/aromatic N) is 1. The second-order valence-electron chi connectivity index (χ2n) is 5.54. The number of aryl methyl sites for hydroxylation is 1. The fourth-order valence-corrected chi connectivity index (χ4v) is 2.81. The van der Waals surface area contributed by atoms with Crippen molar-refractivity contribution in [1.82, 2.24) is 9.97 Å². The highest BCUT2D eigenvalue weighted by molar-refractivity contribution is 5.64. The molecule has 104 valence electrons. The van der Waals surface area contributed by atoms with Crippen molar-refractivity contribution in [3.63, 3.8) is 0 Å². The summed E-state index contributed by atoms with van der Waals surface area (Å²) in [5, 5.41) is 0. The molecule has 0 radical (unpaired) electrons. The topological polar surface area (TPSA) is 45.8 Å². The van der Waals surface area contributed by atoms with E-state index in [0.717, 1.165) is 29.9 Å². The first-order valence-electron chi connectivity index (χ1n) is 7.47. The Bertz CT molecular complexity index is 656. The van der Waals surface area contributed by atoms with Crippen LogP contribution in [0.4, 0.5) is 0 Å². The zero-order valence-corrected chi connectivity index (χ0v) is 11.9. The summed E-state index contributed by atoms with van der Waals surface area (Å²) in [7, 11) is 0. The van der Waals surface area contributed by atoms with Crippen molar-refractivity contribution in [1.29, 1.82) is 0 Å². The van der Waals surface area contributed by atoms with Gasteiger partial charge in [-0.15, -0.1) is 0 Å². The van der Waals surface area contributed by atoms with Crippen LogP contribution in [0.2, 0.25) is 0 Å². The maximum absolute atomic E-state index is 11.8. The van der Waals surface area contributed by atoms with E-state index in [9.17, 15) is 4.79 Å². The summed E-state index contributed by atoms with van der Waals surface area (Å²) in [5.74, 6) is 1.43. The number of rotatable bonds is 4. The molecule has 1 saturated carbocycles. The molecule has 0 atom stereocenters. The molecule has 2 aromatic rings. The number of nitrogens with one attached hydrogen (secondary N) is 1. The molecule has 0 spiro atoms. The molecule has 0 amide bonds. The number of hydrogen-bond donors (Lipinski definition) is 1. The highest BCUT2D eigenvalue weighted by atomic mass is 16.1. The van der Waals surface area contributed by atoms with E-state index in [4.69, 9.17) is 0 Å². The van der Waals surface area contributed by atoms with Gasteiger partial charge in [-0.05, 0) is 30.7 Å². The number of aromatic nitrogens is 2. The SMILES string of the molecule is CCCc1nc(-c2ccccc2C2CCC2)cc(=O)[nH]1. The van der Waals surface area contributed by atoms with Crippen LogP contribution in [0, 0.1) is 0 Å². The summed E-state index contributed by atoms with van der Waals surface area (Å²) in [6.45, 7) is 2.09. The molecule has 3 nitrogen and oxygen atoms in total. The molecule has 3 heteroatoms. The Hall–Kier alpha value is -1.90. The fourth-order valence-electron chi connectivity index (χ4n) is 2.81. The van der Waals surface area contributed by atoms with E-state index in [0.29, 0.717) is 5.92 Å². The lowest BCUT2D eigenvalue weighted by atomic mass is 9.78. The van der Waals surface area contributed by atoms with Crippen LogP contribution in [0.3, 0.4) is 0 Å². The lowest BCUT2D eigenvalue weighted by molar-refractivity contribution is 0.420. The van der Waals surface area contributed by atoms with Gasteiger partial charge in [-0.3, -0.25) is 4.79 Å². The third-order valence-electron chi connectivity index (χ3n) is 4.06. The van der Waals surface area contributed by atoms with Crippen LogP contribution in [-0.4, -0.2) is 9.97 Å². The average molecular weight is 268 g/mol. The molecular formula is C17H20N2O. The van der Waals surface area contributed by atoms with E-state index < -0.39 is 0 Å². The first kappa shape index (κ1) is 13.1. The molecule has 1 N–H and O–H groups in total. The Morgan fingerprint density at radius 1 is 1.30 bits per heavy atom. The average Bonchev–Trinajstić information content (AvgIpc) is 2.37. The maximum Gasteiger partial charge on any atom is 0.251 e. The Morgan fingerprint density at radius 2 is 2.10 bits per heavy atom. The lowest BCUT2D eigenvalue weighted by Gasteiger charge is -2.27. The molecule has 0 bridgehead atoms. The number of aromatic amines is 1. The summed E-state index contributed by atoms with van der Waals surface area (Å²) in [6.07, 6.45) is 5.61. The highest BCUT2D eigenvalue weighted by Gasteiger charge is 2.22. The van der Waals surface area contributed by atoms with Gasteiger partial charge in [-0.1, -0.05) is 37.6 Å². The molecule has 3 rings (SSSR count). The largest absolute Gasteiger partial charge is 0.311 e. The van der Waals surface area contributed by atoms with Crippen LogP contribution in [-0.2, 0) is 6.42 Å². The summed E-state index contributed by atoms with van der Waals surface area (Å²) >= 11 is 0. The predicted octanol–water partition coefficient (Wildman–Crippen LogP) is 3.66. The zero-order valence-electron chi connectivity index (χ0n) is 11.9. The third kappa shape index (κ3) is 2.53. The van der Waals surface area contributed by atoms with Gasteiger partial charge in [-0.2, -0.15) is 0 Å². The second kappa shape index (κ2) is 5.61. The molecule has 1 aliphatic carbocycles. The van der Waals surface area contributed by atoms with Crippen molar-refractivity contribution in [2.75, 3.05) is 0 Å². The van der Waals surface area contributed by atoms with Gasteiger partial charge >= 0.3 is 0 Å². The van der Waals surface area contributed by atoms with Crippen LogP contribution in [0.15, 0.2) is 35.1 Å². The molecule has 1 aliphatic rings. The minimum atomic E-state index is -0.0538. The van der Waals surface area contributed by atoms with Crippen LogP contribution in [0.5, 0.6) is 0 Å². The molecule has 0 saturated heterocycles. The molecule has 1 aromatic heterocycles. The summed E-state index contributed by atoms with van der Waals surface area (Å²) in [4.78, 5) is 19.3. The summed E-state index contributed by atoms with van der Waals surface area (Å²) in [6, 6.07) is 10.0. The molecular weight excluding hydrogens is 248 g/mol. The normalized spacial score (nSPS) is 15.1. The van der Waals surface area contributed by atoms with Crippen LogP contribution in [0.1, 0.15) is 49.9 Å². The maximum atomic E-state index is 11.8. The molecule has 1 fully saturated rings. The van der Waals surface area contributed by atoms with Crippen molar-refractivity contribution in [2.45, 2.75) is 44.9 Å². The zero-order chi connectivity index (χ0) is 13.9. The van der Waals surface area contributed by atoms with Gasteiger partial charge in [0.25, 0.3) is 5.56 Å². The number of H-pyrrole nitrogens is 1. The Morgan fingerprint density at radius 3 is 2.80 bits per heavy atom. The Kier molecular flexibility index (Phi) is 3.68. The van der Waals surface area contributed by atoms with Gasteiger partial charge < -0.3 is 4.98 Å². The van der Waals surface area contributed by atoms with E-state index in [1.807, 2.05) is 6.07 Å². The smallest absolute Gasteiger partial charge is 0.251 e. The van der Waals surface area contributed by atoms with Gasteiger partial charge in [0.1, 0.15) is 5.82 Å². The fraction of sp³-hybridized carbons (Fsp3) is 0.412. The number of benzene rings is 1. The molecule has 1 heterocycles. The first-order chi connectivity index (χ1) is 9.78. The highest BCUT2D eigenvalue weighted by Crippen LogP contribution is 2.40. The molecule has 0 aliphatic heterocycles. The van der Waals surface area contributed by atoms with E-state index in [1.165, 1.54) is 24.8 Å². The minimum absolute atomic E-state index is 0.0538. The first-order valence-corrected chi connectivity index (χ1v) is 7.47. The second-order valence-corrected chi connectivity index (χ2v) is 5.54. The summed E-state index contributed by atoms with van der Waals surface area (Å²) < 4.78 is 0. The van der Waals surface area contributed by atoms with E-state index >= 15 is 0 Å². The van der Waals surface area contributed by atoms with Gasteiger partial charge in [0.05, 0.1) is 5.69 Å². The van der Waals surface area contributed by atoms with E-state index in [2.05, 4.69) is 35.1 Å². The van der Waals surface area contributed by atoms with Gasteiger partial charge in [-0.25, -0.2) is 4.98 Å². The molecule has 0 unspecified atom stereocenters. The van der Waals surface area contributed by atoms with Crippen molar-refractivity contribution < 1.29 is 0 Å². The van der Waals surface area contributed by atoms with Crippen molar-refractivity contribution >= 4 is 0 Å². The van der Waals surface area contributed by atoms with Crippen molar-refractivity contribution in [3.05, 3.63) is 52.1 Å². The molecule has 20 heavy (non-hydrogen) atoms. The molecule has 1 aromatic carbocycles. The van der Waals surface area contributed by atoms with Crippen molar-refractivity contribution in [3.8, 4) is 11.3 Å². The Balaban J connectivity index is 2.06. The standard InChI is InChI=1S/C17H20N2O/c1-2-6-16-18-15(11-17(20)19-16)14-10-4-3-9-13(14)12-7-5-8-12/h3-4,9-12H,2,5-8H2,1H3,(H,18,19,20). The van der Waals surface area contributed by atoms with Crippen molar-refractivity contribution in [2.24, 2.45) is 0 Å². The predicted molar refractivity (Wildman–Crippen MR) is 80.9 cm³/mol.